The average Bonchev–Trinajstić information content (AvgIpc) is 3.09. The Bertz CT molecular complexity index is 734. The van der Waals surface area contributed by atoms with Gasteiger partial charge in [-0.25, -0.2) is 4.79 Å². The van der Waals surface area contributed by atoms with E-state index in [1.54, 1.807) is 17.2 Å². The summed E-state index contributed by atoms with van der Waals surface area (Å²) in [5.74, 6) is -0.415. The SMILES string of the molecule is CC1=C(CC/C(C)=C/CC/C(C=O)=C/C[C@@H](O)C2=CC(=O)OC2)C(C)(C)CCC1. The van der Waals surface area contributed by atoms with E-state index in [1.807, 2.05) is 0 Å². The molecule has 2 rings (SSSR count). The number of hydrogen-bond donors (Lipinski definition) is 1. The van der Waals surface area contributed by atoms with E-state index in [1.165, 1.54) is 30.9 Å². The molecule has 160 valence electrons. The molecule has 2 aliphatic rings. The zero-order chi connectivity index (χ0) is 21.4. The predicted molar refractivity (Wildman–Crippen MR) is 116 cm³/mol. The van der Waals surface area contributed by atoms with Gasteiger partial charge in [0, 0.05) is 11.6 Å². The van der Waals surface area contributed by atoms with E-state index in [2.05, 4.69) is 33.8 Å². The summed E-state index contributed by atoms with van der Waals surface area (Å²) in [6.07, 6.45) is 13.2. The molecule has 0 aromatic rings. The van der Waals surface area contributed by atoms with Crippen LogP contribution in [-0.2, 0) is 14.3 Å². The molecule has 0 aromatic carbocycles. The zero-order valence-corrected chi connectivity index (χ0v) is 18.4. The lowest BCUT2D eigenvalue weighted by molar-refractivity contribution is -0.135. The number of hydrogen-bond acceptors (Lipinski definition) is 4. The van der Waals surface area contributed by atoms with Crippen molar-refractivity contribution in [2.45, 2.75) is 85.2 Å². The highest BCUT2D eigenvalue weighted by Crippen LogP contribution is 2.42. The van der Waals surface area contributed by atoms with Gasteiger partial charge in [0.1, 0.15) is 12.9 Å². The molecule has 0 amide bonds. The summed E-state index contributed by atoms with van der Waals surface area (Å²) >= 11 is 0. The van der Waals surface area contributed by atoms with Crippen LogP contribution in [0.2, 0.25) is 0 Å². The van der Waals surface area contributed by atoms with E-state index < -0.39 is 12.1 Å². The van der Waals surface area contributed by atoms with Crippen LogP contribution in [0.5, 0.6) is 0 Å². The Balaban J connectivity index is 1.81. The third-order valence-electron chi connectivity index (χ3n) is 6.25. The second-order valence-electron chi connectivity index (χ2n) is 9.06. The van der Waals surface area contributed by atoms with Crippen molar-refractivity contribution in [1.29, 1.82) is 0 Å². The summed E-state index contributed by atoms with van der Waals surface area (Å²) in [6.45, 7) is 9.32. The Morgan fingerprint density at radius 1 is 1.31 bits per heavy atom. The van der Waals surface area contributed by atoms with Crippen molar-refractivity contribution >= 4 is 12.3 Å². The number of carbonyl (C=O) groups excluding carboxylic acids is 2. The molecule has 0 spiro atoms. The lowest BCUT2D eigenvalue weighted by atomic mass is 9.71. The number of aliphatic hydroxyl groups is 1. The van der Waals surface area contributed by atoms with Gasteiger partial charge in [0.05, 0.1) is 6.10 Å². The number of allylic oxidation sites excluding steroid dienone is 5. The van der Waals surface area contributed by atoms with E-state index in [9.17, 15) is 14.7 Å². The summed E-state index contributed by atoms with van der Waals surface area (Å²) in [5.41, 5.74) is 6.14. The van der Waals surface area contributed by atoms with Gasteiger partial charge >= 0.3 is 5.97 Å². The highest BCUT2D eigenvalue weighted by atomic mass is 16.5. The van der Waals surface area contributed by atoms with Crippen LogP contribution in [-0.4, -0.2) is 30.1 Å². The fourth-order valence-electron chi connectivity index (χ4n) is 4.34. The molecule has 0 aromatic heterocycles. The van der Waals surface area contributed by atoms with Gasteiger partial charge in [0.25, 0.3) is 0 Å². The van der Waals surface area contributed by atoms with Crippen LogP contribution < -0.4 is 0 Å². The van der Waals surface area contributed by atoms with Crippen molar-refractivity contribution in [2.24, 2.45) is 5.41 Å². The average molecular weight is 401 g/mol. The van der Waals surface area contributed by atoms with Crippen molar-refractivity contribution in [3.63, 3.8) is 0 Å². The lowest BCUT2D eigenvalue weighted by Gasteiger charge is -2.35. The number of aliphatic hydroxyl groups excluding tert-OH is 1. The summed E-state index contributed by atoms with van der Waals surface area (Å²) in [4.78, 5) is 22.4. The molecule has 0 radical (unpaired) electrons. The van der Waals surface area contributed by atoms with E-state index >= 15 is 0 Å². The van der Waals surface area contributed by atoms with Crippen LogP contribution in [0.25, 0.3) is 0 Å². The fourth-order valence-corrected chi connectivity index (χ4v) is 4.34. The highest BCUT2D eigenvalue weighted by Gasteiger charge is 2.27. The van der Waals surface area contributed by atoms with Crippen LogP contribution in [0.3, 0.4) is 0 Å². The van der Waals surface area contributed by atoms with Gasteiger partial charge < -0.3 is 9.84 Å². The number of cyclic esters (lactones) is 1. The Labute approximate surface area is 175 Å². The molecule has 0 unspecified atom stereocenters. The zero-order valence-electron chi connectivity index (χ0n) is 18.4. The Morgan fingerprint density at radius 2 is 2.07 bits per heavy atom. The number of ether oxygens (including phenoxy) is 1. The number of carbonyl (C=O) groups is 2. The second kappa shape index (κ2) is 10.7. The molecule has 0 saturated heterocycles. The molecule has 0 bridgehead atoms. The summed E-state index contributed by atoms with van der Waals surface area (Å²) < 4.78 is 4.80. The van der Waals surface area contributed by atoms with Crippen LogP contribution in [0.15, 0.2) is 46.1 Å². The first kappa shape index (κ1) is 23.3. The molecule has 0 fully saturated rings. The minimum atomic E-state index is -0.774. The van der Waals surface area contributed by atoms with Gasteiger partial charge in [0.15, 0.2) is 0 Å². The normalized spacial score (nSPS) is 21.1. The molecule has 29 heavy (non-hydrogen) atoms. The second-order valence-corrected chi connectivity index (χ2v) is 9.06. The minimum absolute atomic E-state index is 0.138. The van der Waals surface area contributed by atoms with Gasteiger partial charge in [0.2, 0.25) is 0 Å². The van der Waals surface area contributed by atoms with Crippen molar-refractivity contribution in [3.8, 4) is 0 Å². The summed E-state index contributed by atoms with van der Waals surface area (Å²) in [6, 6.07) is 0. The van der Waals surface area contributed by atoms with Crippen LogP contribution in [0, 0.1) is 5.41 Å². The predicted octanol–water partition coefficient (Wildman–Crippen LogP) is 5.38. The summed E-state index contributed by atoms with van der Waals surface area (Å²) in [5, 5.41) is 10.1. The molecular formula is C25H36O4. The van der Waals surface area contributed by atoms with E-state index in [-0.39, 0.29) is 6.61 Å². The lowest BCUT2D eigenvalue weighted by Crippen LogP contribution is -2.20. The maximum Gasteiger partial charge on any atom is 0.331 e. The fraction of sp³-hybridized carbons (Fsp3) is 0.600. The van der Waals surface area contributed by atoms with Gasteiger partial charge in [-0.1, -0.05) is 42.7 Å². The largest absolute Gasteiger partial charge is 0.458 e. The van der Waals surface area contributed by atoms with Crippen LogP contribution in [0.1, 0.15) is 79.1 Å². The minimum Gasteiger partial charge on any atom is -0.458 e. The van der Waals surface area contributed by atoms with E-state index in [4.69, 9.17) is 4.74 Å². The highest BCUT2D eigenvalue weighted by molar-refractivity contribution is 5.85. The molecule has 4 nitrogen and oxygen atoms in total. The summed E-state index contributed by atoms with van der Waals surface area (Å²) in [7, 11) is 0. The Kier molecular flexibility index (Phi) is 8.63. The monoisotopic (exact) mass is 400 g/mol. The van der Waals surface area contributed by atoms with Crippen LogP contribution >= 0.6 is 0 Å². The van der Waals surface area contributed by atoms with Gasteiger partial charge in [-0.2, -0.15) is 0 Å². The van der Waals surface area contributed by atoms with Gasteiger partial charge in [-0.05, 0) is 76.2 Å². The van der Waals surface area contributed by atoms with E-state index in [0.29, 0.717) is 29.4 Å². The molecule has 1 aliphatic heterocycles. The molecule has 1 heterocycles. The van der Waals surface area contributed by atoms with Gasteiger partial charge in [-0.3, -0.25) is 4.79 Å². The third kappa shape index (κ3) is 7.11. The van der Waals surface area contributed by atoms with Crippen LogP contribution in [0.4, 0.5) is 0 Å². The van der Waals surface area contributed by atoms with E-state index in [0.717, 1.165) is 25.5 Å². The molecule has 0 saturated carbocycles. The smallest absolute Gasteiger partial charge is 0.331 e. The standard InChI is InChI=1S/C25H36O4/c1-18(10-12-22-19(2)8-6-14-25(22,3)4)7-5-9-20(16-26)11-13-23(27)21-15-24(28)29-17-21/h7,11,15-16,23,27H,5-6,8-10,12-14,17H2,1-4H3/b18-7+,20-11-/t23-/m1/s1. The quantitative estimate of drug-likeness (QED) is 0.231. The Morgan fingerprint density at radius 3 is 2.69 bits per heavy atom. The van der Waals surface area contributed by atoms with Crippen molar-refractivity contribution in [2.75, 3.05) is 6.61 Å². The Hall–Kier alpha value is -1.94. The molecule has 1 N–H and O–H groups in total. The number of rotatable bonds is 10. The van der Waals surface area contributed by atoms with Gasteiger partial charge in [-0.15, -0.1) is 0 Å². The molecule has 1 atom stereocenters. The first-order valence-corrected chi connectivity index (χ1v) is 10.8. The maximum atomic E-state index is 11.3. The number of esters is 1. The van der Waals surface area contributed by atoms with Crippen molar-refractivity contribution in [3.05, 3.63) is 46.1 Å². The van der Waals surface area contributed by atoms with Crippen molar-refractivity contribution in [1.82, 2.24) is 0 Å². The first-order chi connectivity index (χ1) is 13.7. The molecular weight excluding hydrogens is 364 g/mol. The first-order valence-electron chi connectivity index (χ1n) is 10.8. The maximum absolute atomic E-state index is 11.3. The number of aldehydes is 1. The molecule has 1 aliphatic carbocycles. The molecule has 4 heteroatoms. The topological polar surface area (TPSA) is 63.6 Å². The van der Waals surface area contributed by atoms with Crippen molar-refractivity contribution < 1.29 is 19.4 Å². The third-order valence-corrected chi connectivity index (χ3v) is 6.25.